The molecule has 1 unspecified atom stereocenters. The predicted molar refractivity (Wildman–Crippen MR) is 74.8 cm³/mol. The van der Waals surface area contributed by atoms with Gasteiger partial charge in [-0.3, -0.25) is 4.90 Å². The summed E-state index contributed by atoms with van der Waals surface area (Å²) in [6.45, 7) is 6.52. The number of nitrogens with zero attached hydrogens (tertiary/aromatic N) is 2. The zero-order chi connectivity index (χ0) is 13.1. The van der Waals surface area contributed by atoms with Crippen LogP contribution >= 0.6 is 0 Å². The normalized spacial score (nSPS) is 22.1. The summed E-state index contributed by atoms with van der Waals surface area (Å²) in [4.78, 5) is 4.86. The molecule has 100 valence electrons. The zero-order valence-corrected chi connectivity index (χ0v) is 11.5. The molecule has 18 heavy (non-hydrogen) atoms. The van der Waals surface area contributed by atoms with Gasteiger partial charge in [-0.25, -0.2) is 0 Å². The Hall–Kier alpha value is -1.26. The first-order valence-electron chi connectivity index (χ1n) is 6.45. The Balaban J connectivity index is 2.01. The molecule has 0 aliphatic carbocycles. The third-order valence-corrected chi connectivity index (χ3v) is 3.79. The first-order chi connectivity index (χ1) is 8.60. The van der Waals surface area contributed by atoms with Gasteiger partial charge in [0.25, 0.3) is 0 Å². The molecule has 4 heteroatoms. The van der Waals surface area contributed by atoms with Gasteiger partial charge in [0.05, 0.1) is 7.11 Å². The van der Waals surface area contributed by atoms with E-state index in [-0.39, 0.29) is 0 Å². The van der Waals surface area contributed by atoms with E-state index in [0.29, 0.717) is 6.04 Å². The Morgan fingerprint density at radius 1 is 1.39 bits per heavy atom. The maximum Gasteiger partial charge on any atom is 0.120 e. The molecule has 0 spiro atoms. The van der Waals surface area contributed by atoms with Crippen molar-refractivity contribution in [1.82, 2.24) is 9.80 Å². The lowest BCUT2D eigenvalue weighted by molar-refractivity contribution is 0.100. The second-order valence-corrected chi connectivity index (χ2v) is 5.13. The van der Waals surface area contributed by atoms with Crippen molar-refractivity contribution in [3.8, 4) is 5.75 Å². The number of rotatable bonds is 3. The SMILES string of the molecule is COc1ccc(CN2CCN(C)C(C)C2)c(N)c1. The highest BCUT2D eigenvalue weighted by Crippen LogP contribution is 2.22. The third-order valence-electron chi connectivity index (χ3n) is 3.79. The predicted octanol–water partition coefficient (Wildman–Crippen LogP) is 1.41. The third kappa shape index (κ3) is 2.94. The van der Waals surface area contributed by atoms with Gasteiger partial charge < -0.3 is 15.4 Å². The van der Waals surface area contributed by atoms with E-state index in [1.54, 1.807) is 7.11 Å². The number of hydrogen-bond acceptors (Lipinski definition) is 4. The van der Waals surface area contributed by atoms with E-state index in [4.69, 9.17) is 10.5 Å². The van der Waals surface area contributed by atoms with Crippen molar-refractivity contribution in [3.05, 3.63) is 23.8 Å². The second kappa shape index (κ2) is 5.59. The van der Waals surface area contributed by atoms with Crippen molar-refractivity contribution < 1.29 is 4.74 Å². The summed E-state index contributed by atoms with van der Waals surface area (Å²) in [6, 6.07) is 6.55. The minimum atomic E-state index is 0.609. The maximum absolute atomic E-state index is 6.06. The van der Waals surface area contributed by atoms with E-state index in [9.17, 15) is 0 Å². The van der Waals surface area contributed by atoms with Gasteiger partial charge in [-0.1, -0.05) is 6.07 Å². The smallest absolute Gasteiger partial charge is 0.120 e. The number of hydrogen-bond donors (Lipinski definition) is 1. The van der Waals surface area contributed by atoms with Gasteiger partial charge in [0.15, 0.2) is 0 Å². The summed E-state index contributed by atoms with van der Waals surface area (Å²) in [6.07, 6.45) is 0. The van der Waals surface area contributed by atoms with Crippen LogP contribution in [-0.4, -0.2) is 49.6 Å². The number of methoxy groups -OCH3 is 1. The Labute approximate surface area is 109 Å². The molecular formula is C14H23N3O. The largest absolute Gasteiger partial charge is 0.497 e. The fourth-order valence-electron chi connectivity index (χ4n) is 2.35. The molecule has 1 saturated heterocycles. The molecule has 0 bridgehead atoms. The summed E-state index contributed by atoms with van der Waals surface area (Å²) >= 11 is 0. The van der Waals surface area contributed by atoms with Crippen molar-refractivity contribution in [2.45, 2.75) is 19.5 Å². The highest BCUT2D eigenvalue weighted by atomic mass is 16.5. The minimum Gasteiger partial charge on any atom is -0.497 e. The van der Waals surface area contributed by atoms with Gasteiger partial charge in [-0.05, 0) is 25.6 Å². The van der Waals surface area contributed by atoms with Crippen molar-refractivity contribution in [1.29, 1.82) is 0 Å². The van der Waals surface area contributed by atoms with E-state index in [1.165, 1.54) is 5.56 Å². The van der Waals surface area contributed by atoms with E-state index in [0.717, 1.165) is 37.6 Å². The molecule has 0 aromatic heterocycles. The van der Waals surface area contributed by atoms with E-state index >= 15 is 0 Å². The number of ether oxygens (including phenoxy) is 1. The van der Waals surface area contributed by atoms with Crippen molar-refractivity contribution in [2.24, 2.45) is 0 Å². The number of likely N-dealkylation sites (N-methyl/N-ethyl adjacent to an activating group) is 1. The molecule has 0 saturated carbocycles. The van der Waals surface area contributed by atoms with Crippen LogP contribution in [0.15, 0.2) is 18.2 Å². The maximum atomic E-state index is 6.06. The molecule has 1 aromatic rings. The Morgan fingerprint density at radius 3 is 2.78 bits per heavy atom. The van der Waals surface area contributed by atoms with Gasteiger partial charge >= 0.3 is 0 Å². The molecule has 2 N–H and O–H groups in total. The molecule has 1 fully saturated rings. The van der Waals surface area contributed by atoms with E-state index in [2.05, 4.69) is 29.8 Å². The van der Waals surface area contributed by atoms with Crippen LogP contribution in [0.2, 0.25) is 0 Å². The lowest BCUT2D eigenvalue weighted by Gasteiger charge is -2.37. The number of anilines is 1. The zero-order valence-electron chi connectivity index (χ0n) is 11.5. The quantitative estimate of drug-likeness (QED) is 0.823. The van der Waals surface area contributed by atoms with Gasteiger partial charge in [0.2, 0.25) is 0 Å². The van der Waals surface area contributed by atoms with E-state index in [1.807, 2.05) is 12.1 Å². The van der Waals surface area contributed by atoms with Crippen LogP contribution in [0.1, 0.15) is 12.5 Å². The topological polar surface area (TPSA) is 41.7 Å². The van der Waals surface area contributed by atoms with Crippen LogP contribution in [0.3, 0.4) is 0 Å². The van der Waals surface area contributed by atoms with Crippen LogP contribution in [0.25, 0.3) is 0 Å². The summed E-state index contributed by atoms with van der Waals surface area (Å²) < 4.78 is 5.17. The van der Waals surface area contributed by atoms with E-state index < -0.39 is 0 Å². The molecule has 0 radical (unpaired) electrons. The van der Waals surface area contributed by atoms with Crippen LogP contribution in [0, 0.1) is 0 Å². The molecule has 1 aliphatic heterocycles. The molecular weight excluding hydrogens is 226 g/mol. The Morgan fingerprint density at radius 2 is 2.17 bits per heavy atom. The molecule has 1 aromatic carbocycles. The van der Waals surface area contributed by atoms with Crippen LogP contribution < -0.4 is 10.5 Å². The molecule has 2 rings (SSSR count). The number of nitrogen functional groups attached to an aromatic ring is 1. The number of nitrogens with two attached hydrogens (primary N) is 1. The first kappa shape index (κ1) is 13.2. The Bertz CT molecular complexity index is 408. The van der Waals surface area contributed by atoms with Crippen LogP contribution in [-0.2, 0) is 6.54 Å². The number of benzene rings is 1. The first-order valence-corrected chi connectivity index (χ1v) is 6.45. The molecule has 4 nitrogen and oxygen atoms in total. The van der Waals surface area contributed by atoms with Gasteiger partial charge in [0, 0.05) is 44.0 Å². The highest BCUT2D eigenvalue weighted by Gasteiger charge is 2.20. The average molecular weight is 249 g/mol. The second-order valence-electron chi connectivity index (χ2n) is 5.13. The Kier molecular flexibility index (Phi) is 4.09. The summed E-state index contributed by atoms with van der Waals surface area (Å²) in [5.74, 6) is 0.822. The molecule has 0 amide bonds. The average Bonchev–Trinajstić information content (AvgIpc) is 2.36. The minimum absolute atomic E-state index is 0.609. The highest BCUT2D eigenvalue weighted by molar-refractivity contribution is 5.51. The standard InChI is InChI=1S/C14H23N3O/c1-11-9-17(7-6-16(11)2)10-12-4-5-13(18-3)8-14(12)15/h4-5,8,11H,6-7,9-10,15H2,1-3H3. The van der Waals surface area contributed by atoms with Gasteiger partial charge in [-0.15, -0.1) is 0 Å². The fourth-order valence-corrected chi connectivity index (χ4v) is 2.35. The van der Waals surface area contributed by atoms with Crippen LogP contribution in [0.4, 0.5) is 5.69 Å². The fraction of sp³-hybridized carbons (Fsp3) is 0.571. The monoisotopic (exact) mass is 249 g/mol. The van der Waals surface area contributed by atoms with Gasteiger partial charge in [0.1, 0.15) is 5.75 Å². The van der Waals surface area contributed by atoms with Crippen molar-refractivity contribution in [3.63, 3.8) is 0 Å². The van der Waals surface area contributed by atoms with Gasteiger partial charge in [-0.2, -0.15) is 0 Å². The van der Waals surface area contributed by atoms with Crippen LogP contribution in [0.5, 0.6) is 5.75 Å². The summed E-state index contributed by atoms with van der Waals surface area (Å²) in [5, 5.41) is 0. The summed E-state index contributed by atoms with van der Waals surface area (Å²) in [5.41, 5.74) is 8.07. The lowest BCUT2D eigenvalue weighted by Crippen LogP contribution is -2.49. The summed E-state index contributed by atoms with van der Waals surface area (Å²) in [7, 11) is 3.85. The number of piperazine rings is 1. The van der Waals surface area contributed by atoms with Crippen molar-refractivity contribution in [2.75, 3.05) is 39.5 Å². The molecule has 1 aliphatic rings. The molecule has 1 heterocycles. The van der Waals surface area contributed by atoms with Crippen molar-refractivity contribution >= 4 is 5.69 Å². The molecule has 1 atom stereocenters. The lowest BCUT2D eigenvalue weighted by atomic mass is 10.1.